The second kappa shape index (κ2) is 31.7. The van der Waals surface area contributed by atoms with Gasteiger partial charge < -0.3 is 57.5 Å². The summed E-state index contributed by atoms with van der Waals surface area (Å²) in [6, 6.07) is 130. The van der Waals surface area contributed by atoms with Gasteiger partial charge in [-0.1, -0.05) is 218 Å². The summed E-state index contributed by atoms with van der Waals surface area (Å²) >= 11 is 0. The predicted molar refractivity (Wildman–Crippen MR) is 481 cm³/mol. The minimum absolute atomic E-state index is 0.734. The lowest BCUT2D eigenvalue weighted by Crippen LogP contribution is -2.70. The molecule has 0 fully saturated rings. The molecule has 0 atom stereocenters. The highest BCUT2D eigenvalue weighted by molar-refractivity contribution is 7.24. The molecule has 16 aromatic carbocycles. The smallest absolute Gasteiger partial charge is 0.182 e. The van der Waals surface area contributed by atoms with Gasteiger partial charge in [-0.2, -0.15) is 0 Å². The molecular weight excluding hydrogens is 1460 g/mol. The fourth-order valence-electron chi connectivity index (χ4n) is 17.3. The van der Waals surface area contributed by atoms with Gasteiger partial charge in [-0.25, -0.2) is 0 Å². The van der Waals surface area contributed by atoms with E-state index in [1.54, 1.807) is 56.9 Å². The van der Waals surface area contributed by atoms with Crippen LogP contribution >= 0.6 is 0 Å². The monoisotopic (exact) mass is 1540 g/mol. The summed E-state index contributed by atoms with van der Waals surface area (Å²) in [7, 11) is 10.2. The van der Waals surface area contributed by atoms with Gasteiger partial charge >= 0.3 is 0 Å². The largest absolute Gasteiger partial charge is 0.495 e. The molecule has 0 unspecified atom stereocenters. The first-order chi connectivity index (χ1) is 57.7. The number of ether oxygens (including phenoxy) is 8. The number of anilines is 12. The third-order valence-corrected chi connectivity index (χ3v) is 27.6. The van der Waals surface area contributed by atoms with Crippen LogP contribution in [0, 0.1) is 0 Å². The summed E-state index contributed by atoms with van der Waals surface area (Å²) in [5, 5.41) is 5.26. The molecule has 0 aliphatic carbocycles. The van der Waals surface area contributed by atoms with Gasteiger partial charge in [-0.3, -0.25) is 0 Å². The number of hydrogen-bond donors (Lipinski definition) is 0. The Balaban J connectivity index is 0.843. The number of nitrogens with zero attached hydrogens (tertiary/aromatic N) is 4. The average Bonchev–Trinajstić information content (AvgIpc) is 1.50. The lowest BCUT2D eigenvalue weighted by molar-refractivity contribution is 0.412. The zero-order valence-corrected chi connectivity index (χ0v) is 67.2. The quantitative estimate of drug-likeness (QED) is 0.0540. The molecule has 16 aromatic rings. The maximum Gasteiger partial charge on any atom is 0.182 e. The maximum atomic E-state index is 6.07. The highest BCUT2D eigenvalue weighted by Crippen LogP contribution is 2.51. The van der Waals surface area contributed by atoms with E-state index >= 15 is 0 Å². The first-order valence-corrected chi connectivity index (χ1v) is 40.9. The van der Waals surface area contributed by atoms with Gasteiger partial charge in [0.05, 0.1) is 102 Å². The molecule has 117 heavy (non-hydrogen) atoms. The van der Waals surface area contributed by atoms with Crippen molar-refractivity contribution in [1.29, 1.82) is 0 Å². The first kappa shape index (κ1) is 73.8. The van der Waals surface area contributed by atoms with E-state index in [1.165, 1.54) is 43.0 Å². The highest BCUT2D eigenvalue weighted by Gasteiger charge is 2.55. The predicted octanol–water partition coefficient (Wildman–Crippen LogP) is 23.6. The normalized spacial score (nSPS) is 11.8. The number of para-hydroxylation sites is 16. The highest BCUT2D eigenvalue weighted by atomic mass is 28.3. The second-order valence-corrected chi connectivity index (χ2v) is 32.4. The molecule has 0 saturated carbocycles. The molecular formula is C104H84N4O8Si. The van der Waals surface area contributed by atoms with Crippen molar-refractivity contribution in [3.63, 3.8) is 0 Å². The van der Waals surface area contributed by atoms with Crippen molar-refractivity contribution in [2.75, 3.05) is 76.5 Å². The SMILES string of the molecule is COc1ccccc1N(c1ccc(-c2ccc3c(c2)[Si]2(c4cc(-c5ccc(N(c6ccccc6OC)c6ccccc6OC)cc5)ccc4-3)c3cc(-c4ccc(N(c5ccccc5OC)c5ccccc5OC)cc4)ccc3-c3ccc(-c4ccc(N(c5ccccc5OC)c5ccccc5OC)cc4)cc32)cc1)c1ccccc1OC. The van der Waals surface area contributed by atoms with Crippen LogP contribution in [0.5, 0.6) is 46.0 Å². The summed E-state index contributed by atoms with van der Waals surface area (Å²) < 4.78 is 48.5. The molecule has 0 N–H and O–H groups in total. The third kappa shape index (κ3) is 13.0. The Morgan fingerprint density at radius 3 is 0.462 bits per heavy atom. The molecule has 2 aliphatic heterocycles. The van der Waals surface area contributed by atoms with Crippen LogP contribution in [-0.4, -0.2) is 65.0 Å². The van der Waals surface area contributed by atoms with Crippen molar-refractivity contribution in [1.82, 2.24) is 0 Å². The minimum atomic E-state index is -3.51. The van der Waals surface area contributed by atoms with E-state index in [4.69, 9.17) is 37.9 Å². The first-order valence-electron chi connectivity index (χ1n) is 38.9. The fourth-order valence-corrected chi connectivity index (χ4v) is 23.0. The summed E-state index contributed by atoms with van der Waals surface area (Å²) in [5.41, 5.74) is 24.4. The van der Waals surface area contributed by atoms with Crippen LogP contribution in [0.15, 0.2) is 364 Å². The van der Waals surface area contributed by atoms with Crippen LogP contribution in [0.3, 0.4) is 0 Å². The Kier molecular flexibility index (Phi) is 20.0. The molecule has 0 bridgehead atoms. The van der Waals surface area contributed by atoms with Gasteiger partial charge in [0.2, 0.25) is 0 Å². The topological polar surface area (TPSA) is 86.8 Å². The maximum absolute atomic E-state index is 6.07. The summed E-state index contributed by atoms with van der Waals surface area (Å²) in [6.07, 6.45) is 0. The Morgan fingerprint density at radius 2 is 0.308 bits per heavy atom. The molecule has 18 rings (SSSR count). The van der Waals surface area contributed by atoms with Crippen molar-refractivity contribution < 1.29 is 37.9 Å². The fraction of sp³-hybridized carbons (Fsp3) is 0.0769. The number of benzene rings is 16. The summed E-state index contributed by atoms with van der Waals surface area (Å²) in [5.74, 6) is 5.88. The van der Waals surface area contributed by atoms with E-state index < -0.39 is 8.07 Å². The van der Waals surface area contributed by atoms with Crippen LogP contribution in [0.4, 0.5) is 68.2 Å². The van der Waals surface area contributed by atoms with E-state index in [0.29, 0.717) is 0 Å². The Bertz CT molecular complexity index is 5410. The molecule has 12 nitrogen and oxygen atoms in total. The molecule has 13 heteroatoms. The van der Waals surface area contributed by atoms with Crippen LogP contribution < -0.4 is 78.2 Å². The van der Waals surface area contributed by atoms with Crippen molar-refractivity contribution >= 4 is 97.1 Å². The van der Waals surface area contributed by atoms with Crippen LogP contribution in [-0.2, 0) is 0 Å². The minimum Gasteiger partial charge on any atom is -0.495 e. The molecule has 572 valence electrons. The number of fused-ring (bicyclic) bond motifs is 10. The van der Waals surface area contributed by atoms with E-state index in [9.17, 15) is 0 Å². The summed E-state index contributed by atoms with van der Waals surface area (Å²) in [4.78, 5) is 8.84. The standard InChI is InChI=1S/C104H84N4O8Si/c1-109-93-33-17-9-25-85(93)105(86-26-10-18-34-94(86)110-2)77-53-41-69(42-54-77)73-49-61-81-82-62-50-74(70-43-55-78(56-44-70)106(87-27-11-19-35-95(87)111-3)88-28-12-20-36-96(88)112-4)66-102(82)117(101(81)65-73)103-67-75(71-45-57-79(58-46-71)107(89-29-13-21-37-97(89)113-5)90-30-14-22-38-98(90)114-6)51-63-83(103)84-64-52-76(68-104(84)117)72-47-59-80(60-48-72)108(91-31-15-23-39-99(91)115-7)92-32-16-24-40-100(92)116-8/h9-68H,1-8H3. The molecule has 1 spiro atoms. The van der Waals surface area contributed by atoms with Gasteiger partial charge in [0.15, 0.2) is 8.07 Å². The van der Waals surface area contributed by atoms with Gasteiger partial charge in [0.1, 0.15) is 46.0 Å². The van der Waals surface area contributed by atoms with Crippen molar-refractivity contribution in [2.24, 2.45) is 0 Å². The molecule has 0 aromatic heterocycles. The van der Waals surface area contributed by atoms with Crippen LogP contribution in [0.2, 0.25) is 0 Å². The van der Waals surface area contributed by atoms with Crippen molar-refractivity contribution in [3.05, 3.63) is 364 Å². The van der Waals surface area contributed by atoms with Crippen molar-refractivity contribution in [2.45, 2.75) is 0 Å². The molecule has 0 saturated heterocycles. The zero-order valence-electron chi connectivity index (χ0n) is 66.2. The van der Waals surface area contributed by atoms with Crippen molar-refractivity contribution in [3.8, 4) is 113 Å². The molecule has 0 radical (unpaired) electrons. The number of methoxy groups -OCH3 is 8. The lowest BCUT2D eigenvalue weighted by atomic mass is 9.98. The Labute approximate surface area is 684 Å². The zero-order chi connectivity index (χ0) is 79.7. The van der Waals surface area contributed by atoms with Crippen LogP contribution in [0.1, 0.15) is 0 Å². The van der Waals surface area contributed by atoms with E-state index in [-0.39, 0.29) is 0 Å². The van der Waals surface area contributed by atoms with E-state index in [0.717, 1.165) is 159 Å². The average molecular weight is 1550 g/mol. The van der Waals surface area contributed by atoms with Gasteiger partial charge in [-0.15, -0.1) is 0 Å². The van der Waals surface area contributed by atoms with Gasteiger partial charge in [0.25, 0.3) is 0 Å². The van der Waals surface area contributed by atoms with Gasteiger partial charge in [-0.05, 0) is 233 Å². The van der Waals surface area contributed by atoms with Gasteiger partial charge in [0, 0.05) is 22.7 Å². The Morgan fingerprint density at radius 1 is 0.162 bits per heavy atom. The molecule has 0 amide bonds. The molecule has 2 heterocycles. The van der Waals surface area contributed by atoms with E-state index in [2.05, 4.69) is 238 Å². The number of rotatable bonds is 24. The van der Waals surface area contributed by atoms with E-state index in [1.807, 2.05) is 146 Å². The third-order valence-electron chi connectivity index (χ3n) is 22.7. The lowest BCUT2D eigenvalue weighted by Gasteiger charge is -2.30. The Hall–Kier alpha value is -14.7. The second-order valence-electron chi connectivity index (χ2n) is 28.7. The summed E-state index contributed by atoms with van der Waals surface area (Å²) in [6.45, 7) is 0. The van der Waals surface area contributed by atoms with Crippen LogP contribution in [0.25, 0.3) is 66.8 Å². The molecule has 2 aliphatic rings. The number of hydrogen-bond acceptors (Lipinski definition) is 12.